The van der Waals surface area contributed by atoms with Crippen molar-refractivity contribution in [2.24, 2.45) is 5.92 Å². The fourth-order valence-corrected chi connectivity index (χ4v) is 3.91. The van der Waals surface area contributed by atoms with Gasteiger partial charge < -0.3 is 9.84 Å². The Labute approximate surface area is 157 Å². The van der Waals surface area contributed by atoms with E-state index in [1.165, 1.54) is 38.2 Å². The minimum absolute atomic E-state index is 0.0120. The second-order valence-electron chi connectivity index (χ2n) is 7.19. The number of benzene rings is 1. The van der Waals surface area contributed by atoms with Crippen LogP contribution in [0.5, 0.6) is 5.75 Å². The van der Waals surface area contributed by atoms with Gasteiger partial charge in [0.25, 0.3) is 0 Å². The maximum absolute atomic E-state index is 11.3. The van der Waals surface area contributed by atoms with Crippen LogP contribution in [0, 0.1) is 5.92 Å². The summed E-state index contributed by atoms with van der Waals surface area (Å²) in [5.41, 5.74) is 3.57. The summed E-state index contributed by atoms with van der Waals surface area (Å²) in [5.74, 6) is 0.399. The molecule has 6 heteroatoms. The van der Waals surface area contributed by atoms with Crippen molar-refractivity contribution in [2.45, 2.75) is 38.5 Å². The Balaban J connectivity index is 1.78. The van der Waals surface area contributed by atoms with E-state index in [1.807, 2.05) is 30.5 Å². The molecule has 1 N–H and O–H groups in total. The molecule has 3 aromatic rings. The summed E-state index contributed by atoms with van der Waals surface area (Å²) in [4.78, 5) is 16.0. The van der Waals surface area contributed by atoms with Gasteiger partial charge in [0.2, 0.25) is 0 Å². The number of aromatic nitrogens is 3. The van der Waals surface area contributed by atoms with E-state index >= 15 is 0 Å². The lowest BCUT2D eigenvalue weighted by molar-refractivity contribution is 0.0690. The average molecular weight is 365 g/mol. The summed E-state index contributed by atoms with van der Waals surface area (Å²) in [6.45, 7) is 0. The van der Waals surface area contributed by atoms with E-state index in [9.17, 15) is 9.90 Å². The van der Waals surface area contributed by atoms with Crippen molar-refractivity contribution in [2.75, 3.05) is 7.11 Å². The highest BCUT2D eigenvalue weighted by Crippen LogP contribution is 2.31. The summed E-state index contributed by atoms with van der Waals surface area (Å²) in [6.07, 6.45) is 9.24. The van der Waals surface area contributed by atoms with Gasteiger partial charge in [-0.1, -0.05) is 32.1 Å². The van der Waals surface area contributed by atoms with E-state index in [0.717, 1.165) is 29.0 Å². The van der Waals surface area contributed by atoms with Crippen molar-refractivity contribution in [1.82, 2.24) is 14.6 Å². The summed E-state index contributed by atoms with van der Waals surface area (Å²) in [5, 5.41) is 13.4. The second kappa shape index (κ2) is 7.39. The second-order valence-corrected chi connectivity index (χ2v) is 7.19. The molecule has 1 fully saturated rings. The van der Waals surface area contributed by atoms with Crippen LogP contribution in [-0.2, 0) is 6.42 Å². The average Bonchev–Trinajstić information content (AvgIpc) is 3.12. The predicted molar refractivity (Wildman–Crippen MR) is 102 cm³/mol. The highest BCUT2D eigenvalue weighted by atomic mass is 16.5. The predicted octanol–water partition coefficient (Wildman–Crippen LogP) is 4.23. The normalized spacial score (nSPS) is 15.1. The first-order chi connectivity index (χ1) is 13.1. The number of nitrogens with zero attached hydrogens (tertiary/aromatic N) is 3. The summed E-state index contributed by atoms with van der Waals surface area (Å²) >= 11 is 0. The van der Waals surface area contributed by atoms with Crippen LogP contribution in [0.4, 0.5) is 0 Å². The molecule has 1 aromatic carbocycles. The van der Waals surface area contributed by atoms with Gasteiger partial charge >= 0.3 is 5.97 Å². The smallest absolute Gasteiger partial charge is 0.356 e. The minimum atomic E-state index is -1.04. The van der Waals surface area contributed by atoms with Gasteiger partial charge in [-0.25, -0.2) is 14.3 Å². The Morgan fingerprint density at radius 1 is 1.22 bits per heavy atom. The van der Waals surface area contributed by atoms with Gasteiger partial charge in [-0.15, -0.1) is 0 Å². The van der Waals surface area contributed by atoms with Crippen molar-refractivity contribution in [3.05, 3.63) is 47.8 Å². The highest BCUT2D eigenvalue weighted by Gasteiger charge is 2.19. The van der Waals surface area contributed by atoms with E-state index in [2.05, 4.69) is 5.10 Å². The molecule has 1 aliphatic rings. The van der Waals surface area contributed by atoms with Gasteiger partial charge in [-0.3, -0.25) is 0 Å². The van der Waals surface area contributed by atoms with Crippen LogP contribution in [0.2, 0.25) is 0 Å². The SMILES string of the molecule is COc1ccc(-c2nc3cc(C(=O)O)nn3cc2CC2CCCCC2)cc1. The van der Waals surface area contributed by atoms with Gasteiger partial charge in [0, 0.05) is 17.8 Å². The molecule has 0 amide bonds. The third-order valence-corrected chi connectivity index (χ3v) is 5.34. The van der Waals surface area contributed by atoms with Gasteiger partial charge in [0.1, 0.15) is 5.75 Å². The largest absolute Gasteiger partial charge is 0.497 e. The van der Waals surface area contributed by atoms with Crippen molar-refractivity contribution in [3.63, 3.8) is 0 Å². The molecule has 0 atom stereocenters. The summed E-state index contributed by atoms with van der Waals surface area (Å²) in [7, 11) is 1.65. The topological polar surface area (TPSA) is 76.7 Å². The van der Waals surface area contributed by atoms with E-state index < -0.39 is 5.97 Å². The lowest BCUT2D eigenvalue weighted by Crippen LogP contribution is -2.11. The molecule has 2 aromatic heterocycles. The number of carboxylic acids is 1. The number of hydrogen-bond donors (Lipinski definition) is 1. The van der Waals surface area contributed by atoms with Crippen LogP contribution in [0.25, 0.3) is 16.9 Å². The van der Waals surface area contributed by atoms with E-state index in [-0.39, 0.29) is 5.69 Å². The fraction of sp³-hybridized carbons (Fsp3) is 0.381. The summed E-state index contributed by atoms with van der Waals surface area (Å²) in [6, 6.07) is 9.35. The lowest BCUT2D eigenvalue weighted by Gasteiger charge is -2.22. The maximum Gasteiger partial charge on any atom is 0.356 e. The third-order valence-electron chi connectivity index (χ3n) is 5.34. The Morgan fingerprint density at radius 2 is 1.96 bits per heavy atom. The number of rotatable bonds is 5. The molecule has 0 radical (unpaired) electrons. The van der Waals surface area contributed by atoms with E-state index in [0.29, 0.717) is 11.6 Å². The molecular weight excluding hydrogens is 342 g/mol. The molecule has 0 saturated heterocycles. The molecule has 1 aliphatic carbocycles. The number of aromatic carboxylic acids is 1. The number of ether oxygens (including phenoxy) is 1. The van der Waals surface area contributed by atoms with Crippen LogP contribution < -0.4 is 4.74 Å². The molecular formula is C21H23N3O3. The van der Waals surface area contributed by atoms with Crippen LogP contribution in [-0.4, -0.2) is 32.8 Å². The highest BCUT2D eigenvalue weighted by molar-refractivity contribution is 5.86. The standard InChI is InChI=1S/C21H23N3O3/c1-27-17-9-7-15(8-10-17)20-16(11-14-5-3-2-4-6-14)13-24-19(22-20)12-18(23-24)21(25)26/h7-10,12-14H,2-6,11H2,1H3,(H,25,26). The number of hydrogen-bond acceptors (Lipinski definition) is 4. The van der Waals surface area contributed by atoms with Gasteiger partial charge in [0.05, 0.1) is 12.8 Å². The Hall–Kier alpha value is -2.89. The zero-order chi connectivity index (χ0) is 18.8. The molecule has 27 heavy (non-hydrogen) atoms. The monoisotopic (exact) mass is 365 g/mol. The number of methoxy groups -OCH3 is 1. The molecule has 2 heterocycles. The summed E-state index contributed by atoms with van der Waals surface area (Å²) < 4.78 is 6.85. The Morgan fingerprint density at radius 3 is 2.63 bits per heavy atom. The Kier molecular flexibility index (Phi) is 4.79. The minimum Gasteiger partial charge on any atom is -0.497 e. The number of fused-ring (bicyclic) bond motifs is 1. The zero-order valence-electron chi connectivity index (χ0n) is 15.4. The molecule has 0 bridgehead atoms. The third kappa shape index (κ3) is 3.65. The first-order valence-corrected chi connectivity index (χ1v) is 9.41. The zero-order valence-corrected chi connectivity index (χ0v) is 15.4. The molecule has 1 saturated carbocycles. The van der Waals surface area contributed by atoms with Crippen LogP contribution in [0.1, 0.15) is 48.2 Å². The van der Waals surface area contributed by atoms with E-state index in [4.69, 9.17) is 9.72 Å². The van der Waals surface area contributed by atoms with Gasteiger partial charge in [-0.05, 0) is 42.2 Å². The molecule has 4 rings (SSSR count). The quantitative estimate of drug-likeness (QED) is 0.732. The van der Waals surface area contributed by atoms with E-state index in [1.54, 1.807) is 11.6 Å². The molecule has 6 nitrogen and oxygen atoms in total. The molecule has 0 aliphatic heterocycles. The van der Waals surface area contributed by atoms with Crippen molar-refractivity contribution < 1.29 is 14.6 Å². The van der Waals surface area contributed by atoms with Crippen LogP contribution >= 0.6 is 0 Å². The fourth-order valence-electron chi connectivity index (χ4n) is 3.91. The maximum atomic E-state index is 11.3. The van der Waals surface area contributed by atoms with Gasteiger partial charge in [0.15, 0.2) is 11.3 Å². The molecule has 140 valence electrons. The van der Waals surface area contributed by atoms with Crippen LogP contribution in [0.15, 0.2) is 36.5 Å². The first-order valence-electron chi connectivity index (χ1n) is 9.41. The van der Waals surface area contributed by atoms with Crippen molar-refractivity contribution in [1.29, 1.82) is 0 Å². The Bertz CT molecular complexity index is 957. The number of carboxylic acid groups (broad SMARTS) is 1. The van der Waals surface area contributed by atoms with Crippen LogP contribution in [0.3, 0.4) is 0 Å². The number of carbonyl (C=O) groups is 1. The van der Waals surface area contributed by atoms with Crippen molar-refractivity contribution >= 4 is 11.6 Å². The van der Waals surface area contributed by atoms with Gasteiger partial charge in [-0.2, -0.15) is 5.10 Å². The first kappa shape index (κ1) is 17.5. The van der Waals surface area contributed by atoms with Crippen molar-refractivity contribution in [3.8, 4) is 17.0 Å². The lowest BCUT2D eigenvalue weighted by atomic mass is 9.84. The molecule has 0 unspecified atom stereocenters. The molecule has 0 spiro atoms.